The minimum absolute atomic E-state index is 0. The van der Waals surface area contributed by atoms with Crippen LogP contribution in [0.15, 0.2) is 28.2 Å². The molecule has 0 aliphatic heterocycles. The fourth-order valence-electron chi connectivity index (χ4n) is 1.00. The summed E-state index contributed by atoms with van der Waals surface area (Å²) in [5.41, 5.74) is 2.42. The van der Waals surface area contributed by atoms with Crippen molar-refractivity contribution < 1.29 is 47.6 Å². The Hall–Kier alpha value is -0.710. The van der Waals surface area contributed by atoms with E-state index in [0.29, 0.717) is 0 Å². The van der Waals surface area contributed by atoms with E-state index in [1.54, 1.807) is 7.05 Å². The van der Waals surface area contributed by atoms with Crippen LogP contribution in [0, 0.1) is 0 Å². The number of benzene rings is 1. The molecule has 19 heavy (non-hydrogen) atoms. The molecule has 0 saturated heterocycles. The van der Waals surface area contributed by atoms with Crippen molar-refractivity contribution in [2.24, 2.45) is 5.10 Å². The summed E-state index contributed by atoms with van der Waals surface area (Å²) in [7, 11) is -2.76. The third-order valence-corrected chi connectivity index (χ3v) is 3.02. The van der Waals surface area contributed by atoms with Gasteiger partial charge in [0.05, 0.1) is 11.1 Å². The minimum atomic E-state index is -4.35. The zero-order chi connectivity index (χ0) is 13.8. The molecule has 7 nitrogen and oxygen atoms in total. The molecule has 0 atom stereocenters. The summed E-state index contributed by atoms with van der Waals surface area (Å²) < 4.78 is 30.6. The molecule has 0 amide bonds. The van der Waals surface area contributed by atoms with E-state index in [1.807, 2.05) is 0 Å². The Bertz CT molecular complexity index is 589. The van der Waals surface area contributed by atoms with Crippen LogP contribution in [0.3, 0.4) is 0 Å². The van der Waals surface area contributed by atoms with Crippen molar-refractivity contribution >= 4 is 33.7 Å². The molecule has 3 N–H and O–H groups in total. The van der Waals surface area contributed by atoms with Gasteiger partial charge >= 0.3 is 29.6 Å². The standard InChI is InChI=1S/C9H11N3O4S2.Na/c1-10-9(17)12-11-5-6-4-7(18(14,15)16)2-3-8(6)13;/h2-5,13H,1H3,(H2,10,12,17)(H,14,15,16);/q;+1/p-1/b11-5-;. The summed E-state index contributed by atoms with van der Waals surface area (Å²) in [6, 6.07) is 3.06. The van der Waals surface area contributed by atoms with E-state index in [9.17, 15) is 13.5 Å². The zero-order valence-corrected chi connectivity index (χ0v) is 13.9. The molecule has 0 unspecified atom stereocenters. The summed E-state index contributed by atoms with van der Waals surface area (Å²) in [4.78, 5) is -0.375. The average Bonchev–Trinajstić information content (AvgIpc) is 2.29. The Morgan fingerprint density at radius 1 is 1.53 bits per heavy atom. The molecule has 1 aromatic carbocycles. The summed E-state index contributed by atoms with van der Waals surface area (Å²) in [5, 5.41) is 17.9. The first-order valence-corrected chi connectivity index (χ1v) is 6.49. The summed E-state index contributed by atoms with van der Waals surface area (Å²) in [6.07, 6.45) is 1.11. The van der Waals surface area contributed by atoms with E-state index in [-0.39, 0.29) is 45.1 Å². The Balaban J connectivity index is 0.00000324. The number of rotatable bonds is 3. The number of nitrogens with one attached hydrogen (secondary N) is 2. The molecule has 0 bridgehead atoms. The van der Waals surface area contributed by atoms with Gasteiger partial charge in [-0.05, 0) is 29.9 Å². The number of nitrogens with zero attached hydrogens (tertiary/aromatic N) is 1. The van der Waals surface area contributed by atoms with Crippen molar-refractivity contribution in [2.75, 3.05) is 7.05 Å². The maximum absolute atomic E-state index is 11.4. The largest absolute Gasteiger partial charge is 1.00 e. The minimum Gasteiger partial charge on any atom is -0.872 e. The third kappa shape index (κ3) is 5.85. The van der Waals surface area contributed by atoms with Crippen molar-refractivity contribution in [3.63, 3.8) is 0 Å². The van der Waals surface area contributed by atoms with Crippen LogP contribution in [0.1, 0.15) is 5.56 Å². The fraction of sp³-hybridized carbons (Fsp3) is 0.111. The van der Waals surface area contributed by atoms with Crippen LogP contribution in [-0.2, 0) is 10.1 Å². The zero-order valence-electron chi connectivity index (χ0n) is 10.2. The first kappa shape index (κ1) is 18.3. The molecule has 0 saturated carbocycles. The molecule has 0 spiro atoms. The maximum atomic E-state index is 11.4. The molecule has 0 aliphatic carbocycles. The number of hydrogen-bond acceptors (Lipinski definition) is 5. The van der Waals surface area contributed by atoms with Gasteiger partial charge in [0.25, 0.3) is 10.1 Å². The van der Waals surface area contributed by atoms with Crippen molar-refractivity contribution in [3.8, 4) is 5.75 Å². The van der Waals surface area contributed by atoms with Crippen molar-refractivity contribution in [1.29, 1.82) is 0 Å². The summed E-state index contributed by atoms with van der Waals surface area (Å²) >= 11 is 4.74. The molecular formula is C9H10N3NaO4S2. The summed E-state index contributed by atoms with van der Waals surface area (Å²) in [5.74, 6) is -0.427. The summed E-state index contributed by atoms with van der Waals surface area (Å²) in [6.45, 7) is 0. The van der Waals surface area contributed by atoms with E-state index in [0.717, 1.165) is 24.4 Å². The quantitative estimate of drug-likeness (QED) is 0.174. The number of hydrazone groups is 1. The molecule has 0 aliphatic rings. The van der Waals surface area contributed by atoms with Gasteiger partial charge in [-0.25, -0.2) is 0 Å². The first-order chi connectivity index (χ1) is 8.34. The smallest absolute Gasteiger partial charge is 0.872 e. The van der Waals surface area contributed by atoms with Crippen LogP contribution in [-0.4, -0.2) is 31.3 Å². The first-order valence-electron chi connectivity index (χ1n) is 4.64. The number of hydrogen-bond donors (Lipinski definition) is 3. The van der Waals surface area contributed by atoms with Gasteiger partial charge in [0.1, 0.15) is 0 Å². The molecule has 0 heterocycles. The molecule has 0 aromatic heterocycles. The fourth-order valence-corrected chi connectivity index (χ4v) is 1.57. The van der Waals surface area contributed by atoms with E-state index in [4.69, 9.17) is 16.8 Å². The average molecular weight is 311 g/mol. The van der Waals surface area contributed by atoms with E-state index in [2.05, 4.69) is 15.8 Å². The maximum Gasteiger partial charge on any atom is 1.00 e. The van der Waals surface area contributed by atoms with Gasteiger partial charge in [0.15, 0.2) is 5.11 Å². The second-order valence-corrected chi connectivity index (χ2v) is 4.95. The van der Waals surface area contributed by atoms with Gasteiger partial charge in [-0.15, -0.1) is 0 Å². The van der Waals surface area contributed by atoms with Crippen LogP contribution < -0.4 is 45.4 Å². The van der Waals surface area contributed by atoms with Gasteiger partial charge in [0.2, 0.25) is 0 Å². The molecule has 0 fully saturated rings. The predicted octanol–water partition coefficient (Wildman–Crippen LogP) is -3.56. The predicted molar refractivity (Wildman–Crippen MR) is 68.1 cm³/mol. The van der Waals surface area contributed by atoms with E-state index >= 15 is 0 Å². The second-order valence-electron chi connectivity index (χ2n) is 3.12. The molecule has 1 rings (SSSR count). The van der Waals surface area contributed by atoms with Crippen molar-refractivity contribution in [2.45, 2.75) is 4.90 Å². The normalized spacial score (nSPS) is 10.8. The van der Waals surface area contributed by atoms with Gasteiger partial charge < -0.3 is 10.4 Å². The van der Waals surface area contributed by atoms with Crippen LogP contribution in [0.25, 0.3) is 0 Å². The molecule has 98 valence electrons. The van der Waals surface area contributed by atoms with E-state index < -0.39 is 15.9 Å². The topological polar surface area (TPSA) is 114 Å². The van der Waals surface area contributed by atoms with Crippen molar-refractivity contribution in [3.05, 3.63) is 23.8 Å². The third-order valence-electron chi connectivity index (χ3n) is 1.88. The molecule has 0 radical (unpaired) electrons. The van der Waals surface area contributed by atoms with Crippen LogP contribution in [0.2, 0.25) is 0 Å². The molecular weight excluding hydrogens is 301 g/mol. The van der Waals surface area contributed by atoms with Crippen LogP contribution >= 0.6 is 12.2 Å². The number of thiocarbonyl (C=S) groups is 1. The van der Waals surface area contributed by atoms with Crippen LogP contribution in [0.4, 0.5) is 0 Å². The SMILES string of the molecule is CNC(=S)N/N=C\c1cc(S(=O)(=O)O)ccc1[O-].[Na+]. The molecule has 10 heteroatoms. The van der Waals surface area contributed by atoms with Gasteiger partial charge in [-0.2, -0.15) is 13.5 Å². The van der Waals surface area contributed by atoms with Gasteiger partial charge in [-0.3, -0.25) is 9.98 Å². The van der Waals surface area contributed by atoms with Crippen molar-refractivity contribution in [1.82, 2.24) is 10.7 Å². The molecule has 1 aromatic rings. The Morgan fingerprint density at radius 3 is 2.68 bits per heavy atom. The second kappa shape index (κ2) is 7.78. The van der Waals surface area contributed by atoms with E-state index in [1.165, 1.54) is 0 Å². The van der Waals surface area contributed by atoms with Gasteiger partial charge in [0, 0.05) is 7.05 Å². The van der Waals surface area contributed by atoms with Gasteiger partial charge in [-0.1, -0.05) is 11.8 Å². The Morgan fingerprint density at radius 2 is 2.16 bits per heavy atom. The Kier molecular flexibility index (Phi) is 7.49. The van der Waals surface area contributed by atoms with Crippen LogP contribution in [0.5, 0.6) is 5.75 Å². The monoisotopic (exact) mass is 311 g/mol. The Labute approximate surface area is 138 Å².